The predicted octanol–water partition coefficient (Wildman–Crippen LogP) is 8.68. The van der Waals surface area contributed by atoms with Gasteiger partial charge in [-0.1, -0.05) is 34.9 Å². The highest BCUT2D eigenvalue weighted by atomic mass is 16.5. The number of rotatable bonds is 14. The Hall–Kier alpha value is -2.53. The molecule has 216 valence electrons. The number of carboxylic acids is 1. The first-order chi connectivity index (χ1) is 18.6. The van der Waals surface area contributed by atoms with Crippen LogP contribution in [0.4, 0.5) is 0 Å². The van der Waals surface area contributed by atoms with Crippen molar-refractivity contribution in [3.05, 3.63) is 57.7 Å². The second-order valence-corrected chi connectivity index (χ2v) is 12.2. The summed E-state index contributed by atoms with van der Waals surface area (Å²) in [5.41, 5.74) is 7.91. The molecule has 39 heavy (non-hydrogen) atoms. The molecular formula is C34H51NO4. The molecule has 0 bridgehead atoms. The normalized spacial score (nSPS) is 19.5. The Morgan fingerprint density at radius 2 is 1.69 bits per heavy atom. The largest absolute Gasteiger partial charge is 0.487 e. The van der Waals surface area contributed by atoms with Crippen molar-refractivity contribution in [2.24, 2.45) is 0 Å². The number of carboxylic acid groups (broad SMARTS) is 1. The third-order valence-electron chi connectivity index (χ3n) is 8.08. The van der Waals surface area contributed by atoms with Crippen molar-refractivity contribution >= 4 is 5.97 Å². The first kappa shape index (κ1) is 31.0. The topological polar surface area (TPSA) is 59.0 Å². The van der Waals surface area contributed by atoms with E-state index in [0.29, 0.717) is 13.2 Å². The number of nitrogens with zero attached hydrogens (tertiary/aromatic N) is 1. The molecule has 2 aliphatic heterocycles. The maximum Gasteiger partial charge on any atom is 0.303 e. The molecule has 0 saturated heterocycles. The van der Waals surface area contributed by atoms with Crippen LogP contribution in [0.25, 0.3) is 0 Å². The van der Waals surface area contributed by atoms with E-state index in [1.54, 1.807) is 0 Å². The van der Waals surface area contributed by atoms with Crippen LogP contribution in [0.15, 0.2) is 41.0 Å². The number of fused-ring (bicyclic) bond motifs is 3. The van der Waals surface area contributed by atoms with Crippen molar-refractivity contribution < 1.29 is 19.4 Å². The molecule has 5 heteroatoms. The molecule has 0 saturated carbocycles. The Kier molecular flexibility index (Phi) is 11.7. The number of hydrogen-bond acceptors (Lipinski definition) is 4. The molecule has 2 heterocycles. The molecule has 5 nitrogen and oxygen atoms in total. The first-order valence-corrected chi connectivity index (χ1v) is 14.9. The lowest BCUT2D eigenvalue weighted by Crippen LogP contribution is -2.38. The van der Waals surface area contributed by atoms with Crippen LogP contribution in [0.5, 0.6) is 11.5 Å². The van der Waals surface area contributed by atoms with E-state index < -0.39 is 5.97 Å². The van der Waals surface area contributed by atoms with Crippen LogP contribution < -0.4 is 9.47 Å². The fourth-order valence-corrected chi connectivity index (χ4v) is 5.59. The van der Waals surface area contributed by atoms with Crippen molar-refractivity contribution in [3.8, 4) is 11.5 Å². The lowest BCUT2D eigenvalue weighted by atomic mass is 9.85. The summed E-state index contributed by atoms with van der Waals surface area (Å²) in [6.45, 7) is 15.5. The first-order valence-electron chi connectivity index (χ1n) is 14.9. The number of aliphatic carboxylic acids is 1. The molecule has 1 aromatic rings. The number of allylic oxidation sites excluding steroid dienone is 6. The molecular weight excluding hydrogens is 486 g/mol. The molecule has 0 aromatic heterocycles. The molecule has 0 amide bonds. The Labute approximate surface area is 237 Å². The van der Waals surface area contributed by atoms with Crippen molar-refractivity contribution in [1.82, 2.24) is 4.90 Å². The van der Waals surface area contributed by atoms with Crippen molar-refractivity contribution in [2.75, 3.05) is 13.3 Å². The lowest BCUT2D eigenvalue weighted by molar-refractivity contribution is -0.137. The average Bonchev–Trinajstić information content (AvgIpc) is 2.86. The summed E-state index contributed by atoms with van der Waals surface area (Å²) in [7, 11) is 0. The smallest absolute Gasteiger partial charge is 0.303 e. The zero-order valence-electron chi connectivity index (χ0n) is 25.3. The van der Waals surface area contributed by atoms with Crippen LogP contribution >= 0.6 is 0 Å². The third kappa shape index (κ3) is 9.86. The van der Waals surface area contributed by atoms with Crippen LogP contribution in [0.2, 0.25) is 0 Å². The van der Waals surface area contributed by atoms with Gasteiger partial charge in [0.15, 0.2) is 0 Å². The fraction of sp³-hybridized carbons (Fsp3) is 0.618. The number of ether oxygens (including phenoxy) is 2. The Bertz CT molecular complexity index is 1080. The van der Waals surface area contributed by atoms with Gasteiger partial charge >= 0.3 is 5.97 Å². The van der Waals surface area contributed by atoms with E-state index in [1.165, 1.54) is 27.8 Å². The zero-order valence-corrected chi connectivity index (χ0v) is 25.3. The van der Waals surface area contributed by atoms with Crippen LogP contribution in [-0.2, 0) is 17.8 Å². The van der Waals surface area contributed by atoms with E-state index in [1.807, 2.05) is 0 Å². The highest BCUT2D eigenvalue weighted by molar-refractivity contribution is 5.66. The molecule has 2 aliphatic rings. The second-order valence-electron chi connectivity index (χ2n) is 12.2. The zero-order chi connectivity index (χ0) is 28.4. The molecule has 1 N–H and O–H groups in total. The molecule has 0 spiro atoms. The second kappa shape index (κ2) is 14.7. The van der Waals surface area contributed by atoms with E-state index >= 15 is 0 Å². The van der Waals surface area contributed by atoms with Crippen molar-refractivity contribution in [3.63, 3.8) is 0 Å². The third-order valence-corrected chi connectivity index (χ3v) is 8.08. The standard InChI is InChI=1S/C34H51NO4/c1-25(2)12-9-13-26(3)14-10-15-27(4)16-11-19-34(6)20-18-29-30-23-35(21-8-7-17-32(36)37)24-38-31(30)22-28(5)33(29)39-34/h12,14,16,22H,7-11,13,15,17-21,23-24H2,1-6H3,(H,36,37). The summed E-state index contributed by atoms with van der Waals surface area (Å²) >= 11 is 0. The van der Waals surface area contributed by atoms with Gasteiger partial charge < -0.3 is 14.6 Å². The maximum absolute atomic E-state index is 10.8. The fourth-order valence-electron chi connectivity index (χ4n) is 5.59. The highest BCUT2D eigenvalue weighted by Crippen LogP contribution is 2.44. The number of benzene rings is 1. The summed E-state index contributed by atoms with van der Waals surface area (Å²) in [5.74, 6) is 1.31. The maximum atomic E-state index is 10.8. The van der Waals surface area contributed by atoms with Crippen LogP contribution in [0.3, 0.4) is 0 Å². The van der Waals surface area contributed by atoms with Gasteiger partial charge in [-0.05, 0) is 117 Å². The summed E-state index contributed by atoms with van der Waals surface area (Å²) in [5, 5.41) is 8.89. The van der Waals surface area contributed by atoms with Crippen LogP contribution in [-0.4, -0.2) is 34.9 Å². The Morgan fingerprint density at radius 3 is 2.38 bits per heavy atom. The number of carbonyl (C=O) groups is 1. The molecule has 0 aliphatic carbocycles. The van der Waals surface area contributed by atoms with Crippen molar-refractivity contribution in [1.29, 1.82) is 0 Å². The SMILES string of the molecule is CC(C)=CCCC(C)=CCCC(C)=CCCC1(C)CCc2c3c(cc(C)c2O1)OCN(CCCCC(=O)O)C3. The minimum Gasteiger partial charge on any atom is -0.487 e. The molecule has 1 aromatic carbocycles. The van der Waals surface area contributed by atoms with Gasteiger partial charge in [0.05, 0.1) is 0 Å². The molecule has 1 unspecified atom stereocenters. The van der Waals surface area contributed by atoms with Crippen LogP contribution in [0, 0.1) is 6.92 Å². The van der Waals surface area contributed by atoms with Gasteiger partial charge in [0, 0.05) is 30.6 Å². The summed E-state index contributed by atoms with van der Waals surface area (Å²) < 4.78 is 12.9. The number of hydrogen-bond donors (Lipinski definition) is 1. The van der Waals surface area contributed by atoms with Gasteiger partial charge in [0.1, 0.15) is 23.8 Å². The van der Waals surface area contributed by atoms with E-state index in [0.717, 1.165) is 87.9 Å². The van der Waals surface area contributed by atoms with Crippen LogP contribution in [0.1, 0.15) is 116 Å². The molecule has 3 rings (SSSR count). The van der Waals surface area contributed by atoms with E-state index in [-0.39, 0.29) is 12.0 Å². The minimum absolute atomic E-state index is 0.157. The molecule has 0 radical (unpaired) electrons. The highest BCUT2D eigenvalue weighted by Gasteiger charge is 2.35. The Balaban J connectivity index is 1.52. The predicted molar refractivity (Wildman–Crippen MR) is 161 cm³/mol. The van der Waals surface area contributed by atoms with Gasteiger partial charge in [-0.15, -0.1) is 0 Å². The van der Waals surface area contributed by atoms with Gasteiger partial charge in [-0.3, -0.25) is 9.69 Å². The summed E-state index contributed by atoms with van der Waals surface area (Å²) in [6, 6.07) is 2.14. The molecule has 0 fully saturated rings. The number of unbranched alkanes of at least 4 members (excludes halogenated alkanes) is 1. The van der Waals surface area contributed by atoms with Gasteiger partial charge in [-0.25, -0.2) is 0 Å². The van der Waals surface area contributed by atoms with Gasteiger partial charge in [0.25, 0.3) is 0 Å². The van der Waals surface area contributed by atoms with Gasteiger partial charge in [-0.2, -0.15) is 0 Å². The van der Waals surface area contributed by atoms with Crippen molar-refractivity contribution in [2.45, 2.75) is 124 Å². The minimum atomic E-state index is -0.723. The van der Waals surface area contributed by atoms with E-state index in [4.69, 9.17) is 14.6 Å². The molecule has 1 atom stereocenters. The Morgan fingerprint density at radius 1 is 1.00 bits per heavy atom. The van der Waals surface area contributed by atoms with Gasteiger partial charge in [0.2, 0.25) is 0 Å². The van der Waals surface area contributed by atoms with E-state index in [2.05, 4.69) is 70.7 Å². The number of aryl methyl sites for hydroxylation is 1. The average molecular weight is 538 g/mol. The van der Waals surface area contributed by atoms with E-state index in [9.17, 15) is 4.79 Å². The monoisotopic (exact) mass is 537 g/mol. The lowest BCUT2D eigenvalue weighted by Gasteiger charge is -2.39. The summed E-state index contributed by atoms with van der Waals surface area (Å²) in [6.07, 6.45) is 17.5. The quantitative estimate of drug-likeness (QED) is 0.190. The summed E-state index contributed by atoms with van der Waals surface area (Å²) in [4.78, 5) is 13.1.